The minimum absolute atomic E-state index is 0.353. The van der Waals surface area contributed by atoms with Crippen LogP contribution in [0.15, 0.2) is 12.3 Å². The molecule has 0 unspecified atom stereocenters. The quantitative estimate of drug-likeness (QED) is 0.442. The van der Waals surface area contributed by atoms with Gasteiger partial charge >= 0.3 is 0 Å². The van der Waals surface area contributed by atoms with E-state index in [1.165, 1.54) is 0 Å². The standard InChI is InChI=1S/C8H14O2/c1-4-7-10-8(2,3)5-6-9/h4,6-7H,5H2,1-3H3/b7-4-. The van der Waals surface area contributed by atoms with Crippen molar-refractivity contribution in [2.45, 2.75) is 32.8 Å². The Labute approximate surface area is 61.9 Å². The van der Waals surface area contributed by atoms with E-state index in [0.717, 1.165) is 6.29 Å². The van der Waals surface area contributed by atoms with Crippen LogP contribution in [0.4, 0.5) is 0 Å². The molecule has 0 aliphatic rings. The van der Waals surface area contributed by atoms with E-state index in [2.05, 4.69) is 0 Å². The molecule has 0 saturated carbocycles. The lowest BCUT2D eigenvalue weighted by Gasteiger charge is -2.20. The van der Waals surface area contributed by atoms with E-state index in [1.54, 1.807) is 12.3 Å². The van der Waals surface area contributed by atoms with Gasteiger partial charge in [-0.3, -0.25) is 0 Å². The summed E-state index contributed by atoms with van der Waals surface area (Å²) in [6, 6.07) is 0. The average Bonchev–Trinajstić information content (AvgIpc) is 1.84. The van der Waals surface area contributed by atoms with Gasteiger partial charge in [0.2, 0.25) is 0 Å². The lowest BCUT2D eigenvalue weighted by molar-refractivity contribution is -0.111. The van der Waals surface area contributed by atoms with Gasteiger partial charge < -0.3 is 9.53 Å². The number of ether oxygens (including phenoxy) is 1. The number of rotatable bonds is 4. The third kappa shape index (κ3) is 4.13. The lowest BCUT2D eigenvalue weighted by atomic mass is 10.1. The molecule has 0 bridgehead atoms. The summed E-state index contributed by atoms with van der Waals surface area (Å²) >= 11 is 0. The molecule has 0 radical (unpaired) electrons. The van der Waals surface area contributed by atoms with Crippen molar-refractivity contribution in [3.63, 3.8) is 0 Å². The number of allylic oxidation sites excluding steroid dienone is 1. The Morgan fingerprint density at radius 3 is 2.50 bits per heavy atom. The molecule has 0 atom stereocenters. The zero-order valence-electron chi connectivity index (χ0n) is 6.76. The highest BCUT2D eigenvalue weighted by molar-refractivity contribution is 5.51. The Balaban J connectivity index is 3.73. The molecule has 0 aliphatic heterocycles. The van der Waals surface area contributed by atoms with Crippen molar-refractivity contribution in [1.29, 1.82) is 0 Å². The highest BCUT2D eigenvalue weighted by atomic mass is 16.5. The maximum Gasteiger partial charge on any atom is 0.123 e. The molecule has 0 rings (SSSR count). The van der Waals surface area contributed by atoms with Crippen molar-refractivity contribution in [1.82, 2.24) is 0 Å². The second-order valence-electron chi connectivity index (χ2n) is 2.72. The van der Waals surface area contributed by atoms with E-state index in [0.29, 0.717) is 6.42 Å². The van der Waals surface area contributed by atoms with Crippen LogP contribution in [-0.2, 0) is 9.53 Å². The summed E-state index contributed by atoms with van der Waals surface area (Å²) in [6.07, 6.45) is 4.69. The fraction of sp³-hybridized carbons (Fsp3) is 0.625. The van der Waals surface area contributed by atoms with Crippen molar-refractivity contribution in [3.8, 4) is 0 Å². The van der Waals surface area contributed by atoms with Gasteiger partial charge in [0.1, 0.15) is 11.9 Å². The number of hydrogen-bond donors (Lipinski definition) is 0. The number of carbonyl (C=O) groups excluding carboxylic acids is 1. The first-order chi connectivity index (χ1) is 4.62. The number of carbonyl (C=O) groups is 1. The topological polar surface area (TPSA) is 26.3 Å². The summed E-state index contributed by atoms with van der Waals surface area (Å²) in [4.78, 5) is 10.1. The molecular weight excluding hydrogens is 128 g/mol. The van der Waals surface area contributed by atoms with Crippen molar-refractivity contribution < 1.29 is 9.53 Å². The predicted molar refractivity (Wildman–Crippen MR) is 40.7 cm³/mol. The van der Waals surface area contributed by atoms with Gasteiger partial charge in [-0.15, -0.1) is 0 Å². The first-order valence-electron chi connectivity index (χ1n) is 3.35. The molecule has 0 saturated heterocycles. The van der Waals surface area contributed by atoms with Crippen LogP contribution in [0.1, 0.15) is 27.2 Å². The maximum absolute atomic E-state index is 10.1. The Bertz CT molecular complexity index is 125. The Hall–Kier alpha value is -0.790. The molecule has 0 N–H and O–H groups in total. The van der Waals surface area contributed by atoms with Crippen LogP contribution in [0.25, 0.3) is 0 Å². The molecule has 0 fully saturated rings. The lowest BCUT2D eigenvalue weighted by Crippen LogP contribution is -2.21. The fourth-order valence-electron chi connectivity index (χ4n) is 0.501. The number of hydrogen-bond acceptors (Lipinski definition) is 2. The molecule has 58 valence electrons. The maximum atomic E-state index is 10.1. The molecule has 0 aromatic rings. The van der Waals surface area contributed by atoms with Crippen LogP contribution in [0.3, 0.4) is 0 Å². The van der Waals surface area contributed by atoms with E-state index in [4.69, 9.17) is 4.74 Å². The molecule has 0 aromatic carbocycles. The Morgan fingerprint density at radius 1 is 1.50 bits per heavy atom. The van der Waals surface area contributed by atoms with Gasteiger partial charge in [-0.1, -0.05) is 6.08 Å². The van der Waals surface area contributed by atoms with E-state index < -0.39 is 0 Å². The second kappa shape index (κ2) is 4.09. The summed E-state index contributed by atoms with van der Waals surface area (Å²) in [5.74, 6) is 0. The largest absolute Gasteiger partial charge is 0.495 e. The van der Waals surface area contributed by atoms with Crippen LogP contribution in [0.5, 0.6) is 0 Å². The molecule has 2 heteroatoms. The molecule has 0 aromatic heterocycles. The van der Waals surface area contributed by atoms with Crippen molar-refractivity contribution in [2.24, 2.45) is 0 Å². The smallest absolute Gasteiger partial charge is 0.123 e. The monoisotopic (exact) mass is 142 g/mol. The molecular formula is C8H14O2. The number of aldehydes is 1. The van der Waals surface area contributed by atoms with Gasteiger partial charge in [0, 0.05) is 6.42 Å². The zero-order chi connectivity index (χ0) is 8.04. The van der Waals surface area contributed by atoms with Crippen LogP contribution < -0.4 is 0 Å². The van der Waals surface area contributed by atoms with Gasteiger partial charge in [0.05, 0.1) is 6.26 Å². The van der Waals surface area contributed by atoms with E-state index >= 15 is 0 Å². The van der Waals surface area contributed by atoms with Gasteiger partial charge in [-0.05, 0) is 20.8 Å². The van der Waals surface area contributed by atoms with Crippen LogP contribution >= 0.6 is 0 Å². The van der Waals surface area contributed by atoms with Crippen molar-refractivity contribution in [2.75, 3.05) is 0 Å². The third-order valence-corrected chi connectivity index (χ3v) is 1.10. The van der Waals surface area contributed by atoms with Crippen LogP contribution in [0.2, 0.25) is 0 Å². The minimum atomic E-state index is -0.353. The van der Waals surface area contributed by atoms with Gasteiger partial charge in [-0.25, -0.2) is 0 Å². The second-order valence-corrected chi connectivity index (χ2v) is 2.72. The van der Waals surface area contributed by atoms with Gasteiger partial charge in [0.15, 0.2) is 0 Å². The zero-order valence-corrected chi connectivity index (χ0v) is 6.76. The summed E-state index contributed by atoms with van der Waals surface area (Å²) in [6.45, 7) is 5.62. The summed E-state index contributed by atoms with van der Waals surface area (Å²) in [5.41, 5.74) is -0.353. The summed E-state index contributed by atoms with van der Waals surface area (Å²) < 4.78 is 5.21. The predicted octanol–water partition coefficient (Wildman–Crippen LogP) is 1.90. The Morgan fingerprint density at radius 2 is 2.10 bits per heavy atom. The Kier molecular flexibility index (Phi) is 3.77. The first kappa shape index (κ1) is 9.21. The van der Waals surface area contributed by atoms with Crippen LogP contribution in [-0.4, -0.2) is 11.9 Å². The van der Waals surface area contributed by atoms with E-state index in [9.17, 15) is 4.79 Å². The highest BCUT2D eigenvalue weighted by Gasteiger charge is 2.15. The average molecular weight is 142 g/mol. The molecule has 2 nitrogen and oxygen atoms in total. The molecule has 0 aliphatic carbocycles. The van der Waals surface area contributed by atoms with E-state index in [1.807, 2.05) is 20.8 Å². The van der Waals surface area contributed by atoms with Crippen LogP contribution in [0, 0.1) is 0 Å². The molecule has 0 heterocycles. The first-order valence-corrected chi connectivity index (χ1v) is 3.35. The van der Waals surface area contributed by atoms with E-state index in [-0.39, 0.29) is 5.60 Å². The summed E-state index contributed by atoms with van der Waals surface area (Å²) in [5, 5.41) is 0. The fourth-order valence-corrected chi connectivity index (χ4v) is 0.501. The molecule has 10 heavy (non-hydrogen) atoms. The van der Waals surface area contributed by atoms with Gasteiger partial charge in [0.25, 0.3) is 0 Å². The van der Waals surface area contributed by atoms with Crippen molar-refractivity contribution >= 4 is 6.29 Å². The molecule has 0 amide bonds. The normalized spacial score (nSPS) is 11.9. The molecule has 0 spiro atoms. The van der Waals surface area contributed by atoms with Crippen molar-refractivity contribution in [3.05, 3.63) is 12.3 Å². The van der Waals surface area contributed by atoms with Gasteiger partial charge in [-0.2, -0.15) is 0 Å². The SMILES string of the molecule is C/C=C\OC(C)(C)CC=O. The summed E-state index contributed by atoms with van der Waals surface area (Å²) in [7, 11) is 0. The third-order valence-electron chi connectivity index (χ3n) is 1.10. The highest BCUT2D eigenvalue weighted by Crippen LogP contribution is 2.12. The minimum Gasteiger partial charge on any atom is -0.495 e.